The molecule has 0 fully saturated rings. The molecule has 0 aliphatic heterocycles. The van der Waals surface area contributed by atoms with Crippen molar-refractivity contribution in [3.63, 3.8) is 0 Å². The van der Waals surface area contributed by atoms with E-state index in [4.69, 9.17) is 5.11 Å². The lowest BCUT2D eigenvalue weighted by Gasteiger charge is -2.00. The zero-order valence-electron chi connectivity index (χ0n) is 5.48. The largest absolute Gasteiger partial charge is 0.464 e. The summed E-state index contributed by atoms with van der Waals surface area (Å²) in [7, 11) is 0. The van der Waals surface area contributed by atoms with E-state index in [2.05, 4.69) is 15.6 Å². The van der Waals surface area contributed by atoms with Gasteiger partial charge >= 0.3 is 6.09 Å². The van der Waals surface area contributed by atoms with Crippen LogP contribution in [0.15, 0.2) is 18.3 Å². The summed E-state index contributed by atoms with van der Waals surface area (Å²) in [5.74, 6) is 0.356. The molecule has 0 aromatic carbocycles. The molecule has 0 saturated heterocycles. The average Bonchev–Trinajstić information content (AvgIpc) is 2.03. The number of anilines is 1. The highest BCUT2D eigenvalue weighted by Gasteiger charge is 1.93. The van der Waals surface area contributed by atoms with Crippen LogP contribution in [-0.4, -0.2) is 21.4 Å². The first-order valence-electron chi connectivity index (χ1n) is 2.81. The predicted octanol–water partition coefficient (Wildman–Crippen LogP) is 0.0711. The molecule has 0 aliphatic carbocycles. The van der Waals surface area contributed by atoms with Crippen LogP contribution < -0.4 is 10.9 Å². The maximum atomic E-state index is 9.95. The van der Waals surface area contributed by atoms with E-state index < -0.39 is 6.09 Å². The van der Waals surface area contributed by atoms with Crippen molar-refractivity contribution in [2.75, 3.05) is 5.43 Å². The van der Waals surface area contributed by atoms with Crippen LogP contribution in [0, 0.1) is 0 Å². The van der Waals surface area contributed by atoms with Crippen LogP contribution in [0.2, 0.25) is 0 Å². The molecular weight excluding hydrogens is 148 g/mol. The smallest absolute Gasteiger partial charge is 0.423 e. The standard InChI is InChI=1S/C5H6N4O2/c10-5(11)9-8-4-2-1-3-6-7-4/h1-3,9H,(H,7,8)(H,10,11). The van der Waals surface area contributed by atoms with Crippen molar-refractivity contribution >= 4 is 11.9 Å². The normalized spacial score (nSPS) is 8.73. The molecule has 1 amide bonds. The number of aromatic nitrogens is 2. The monoisotopic (exact) mass is 154 g/mol. The molecule has 1 rings (SSSR count). The van der Waals surface area contributed by atoms with Crippen molar-refractivity contribution in [3.05, 3.63) is 18.3 Å². The first-order chi connectivity index (χ1) is 5.29. The van der Waals surface area contributed by atoms with Gasteiger partial charge in [-0.25, -0.2) is 10.2 Å². The fourth-order valence-corrected chi connectivity index (χ4v) is 0.486. The third kappa shape index (κ3) is 2.48. The van der Waals surface area contributed by atoms with Crippen molar-refractivity contribution in [1.29, 1.82) is 0 Å². The van der Waals surface area contributed by atoms with Crippen LogP contribution in [0.4, 0.5) is 10.6 Å². The highest BCUT2D eigenvalue weighted by atomic mass is 16.4. The highest BCUT2D eigenvalue weighted by Crippen LogP contribution is 1.93. The van der Waals surface area contributed by atoms with Gasteiger partial charge in [-0.3, -0.25) is 5.43 Å². The number of rotatable bonds is 2. The Balaban J connectivity index is 2.45. The summed E-state index contributed by atoms with van der Waals surface area (Å²) in [6, 6.07) is 3.22. The van der Waals surface area contributed by atoms with E-state index in [9.17, 15) is 4.79 Å². The van der Waals surface area contributed by atoms with Crippen LogP contribution in [0.3, 0.4) is 0 Å². The first kappa shape index (κ1) is 7.26. The maximum absolute atomic E-state index is 9.95. The lowest BCUT2D eigenvalue weighted by atomic mass is 10.5. The third-order valence-electron chi connectivity index (χ3n) is 0.870. The Hall–Kier alpha value is -1.85. The SMILES string of the molecule is O=C(O)NNc1cccnn1. The van der Waals surface area contributed by atoms with Gasteiger partial charge in [0.25, 0.3) is 0 Å². The molecule has 1 aromatic heterocycles. The minimum absolute atomic E-state index is 0.356. The molecule has 0 unspecified atom stereocenters. The van der Waals surface area contributed by atoms with Gasteiger partial charge in [-0.1, -0.05) is 0 Å². The molecule has 6 nitrogen and oxygen atoms in total. The average molecular weight is 154 g/mol. The van der Waals surface area contributed by atoms with Gasteiger partial charge in [0.15, 0.2) is 5.82 Å². The zero-order chi connectivity index (χ0) is 8.10. The van der Waals surface area contributed by atoms with Crippen molar-refractivity contribution in [2.24, 2.45) is 0 Å². The lowest BCUT2D eigenvalue weighted by Crippen LogP contribution is -2.27. The van der Waals surface area contributed by atoms with Gasteiger partial charge in [0.05, 0.1) is 0 Å². The van der Waals surface area contributed by atoms with E-state index in [0.29, 0.717) is 5.82 Å². The summed E-state index contributed by atoms with van der Waals surface area (Å²) in [6.45, 7) is 0. The van der Waals surface area contributed by atoms with E-state index in [0.717, 1.165) is 0 Å². The quantitative estimate of drug-likeness (QED) is 0.525. The molecule has 0 aliphatic rings. The second-order valence-electron chi connectivity index (χ2n) is 1.66. The van der Waals surface area contributed by atoms with E-state index in [-0.39, 0.29) is 0 Å². The summed E-state index contributed by atoms with van der Waals surface area (Å²) in [5, 5.41) is 15.2. The van der Waals surface area contributed by atoms with Crippen molar-refractivity contribution in [3.8, 4) is 0 Å². The summed E-state index contributed by atoms with van der Waals surface area (Å²) in [6.07, 6.45) is 0.321. The van der Waals surface area contributed by atoms with E-state index in [1.54, 1.807) is 12.1 Å². The number of carbonyl (C=O) groups is 1. The minimum atomic E-state index is -1.17. The Morgan fingerprint density at radius 1 is 1.64 bits per heavy atom. The third-order valence-corrected chi connectivity index (χ3v) is 0.870. The maximum Gasteiger partial charge on any atom is 0.423 e. The number of hydrazine groups is 1. The number of nitrogens with one attached hydrogen (secondary N) is 2. The van der Waals surface area contributed by atoms with Gasteiger partial charge in [0.2, 0.25) is 0 Å². The summed E-state index contributed by atoms with van der Waals surface area (Å²) in [5.41, 5.74) is 4.25. The van der Waals surface area contributed by atoms with Gasteiger partial charge in [-0.2, -0.15) is 5.10 Å². The zero-order valence-corrected chi connectivity index (χ0v) is 5.48. The molecule has 0 bridgehead atoms. The van der Waals surface area contributed by atoms with Gasteiger partial charge in [-0.15, -0.1) is 5.10 Å². The van der Waals surface area contributed by atoms with Crippen LogP contribution in [0.5, 0.6) is 0 Å². The van der Waals surface area contributed by atoms with Crippen LogP contribution in [-0.2, 0) is 0 Å². The van der Waals surface area contributed by atoms with Crippen molar-refractivity contribution in [2.45, 2.75) is 0 Å². The molecule has 1 heterocycles. The summed E-state index contributed by atoms with van der Waals surface area (Å²) < 4.78 is 0. The topological polar surface area (TPSA) is 87.1 Å². The second-order valence-corrected chi connectivity index (χ2v) is 1.66. The lowest BCUT2D eigenvalue weighted by molar-refractivity contribution is 0.197. The van der Waals surface area contributed by atoms with Crippen LogP contribution in [0.1, 0.15) is 0 Å². The summed E-state index contributed by atoms with van der Waals surface area (Å²) in [4.78, 5) is 9.95. The molecule has 0 saturated carbocycles. The Labute approximate surface area is 62.2 Å². The fraction of sp³-hybridized carbons (Fsp3) is 0. The molecule has 58 valence electrons. The molecule has 1 aromatic rings. The van der Waals surface area contributed by atoms with E-state index >= 15 is 0 Å². The van der Waals surface area contributed by atoms with E-state index in [1.165, 1.54) is 6.20 Å². The minimum Gasteiger partial charge on any atom is -0.464 e. The van der Waals surface area contributed by atoms with Crippen molar-refractivity contribution in [1.82, 2.24) is 15.6 Å². The number of hydrogen-bond donors (Lipinski definition) is 3. The second kappa shape index (κ2) is 3.35. The number of nitrogens with zero attached hydrogens (tertiary/aromatic N) is 2. The predicted molar refractivity (Wildman–Crippen MR) is 36.8 cm³/mol. The van der Waals surface area contributed by atoms with Crippen LogP contribution in [0.25, 0.3) is 0 Å². The van der Waals surface area contributed by atoms with Crippen molar-refractivity contribution < 1.29 is 9.90 Å². The molecule has 3 N–H and O–H groups in total. The Morgan fingerprint density at radius 3 is 3.00 bits per heavy atom. The number of carboxylic acid groups (broad SMARTS) is 1. The molecule has 11 heavy (non-hydrogen) atoms. The fourth-order valence-electron chi connectivity index (χ4n) is 0.486. The Morgan fingerprint density at radius 2 is 2.45 bits per heavy atom. The highest BCUT2D eigenvalue weighted by molar-refractivity contribution is 5.66. The molecule has 6 heteroatoms. The van der Waals surface area contributed by atoms with Gasteiger partial charge in [0.1, 0.15) is 0 Å². The number of amides is 1. The Bertz CT molecular complexity index is 237. The van der Waals surface area contributed by atoms with Gasteiger partial charge < -0.3 is 5.11 Å². The number of hydrogen-bond acceptors (Lipinski definition) is 4. The molecular formula is C5H6N4O2. The van der Waals surface area contributed by atoms with E-state index in [1.807, 2.05) is 5.43 Å². The van der Waals surface area contributed by atoms with Gasteiger partial charge in [-0.05, 0) is 12.1 Å². The molecule has 0 atom stereocenters. The Kier molecular flexibility index (Phi) is 2.21. The summed E-state index contributed by atoms with van der Waals surface area (Å²) >= 11 is 0. The van der Waals surface area contributed by atoms with Crippen LogP contribution >= 0.6 is 0 Å². The molecule has 0 spiro atoms. The van der Waals surface area contributed by atoms with Gasteiger partial charge in [0, 0.05) is 6.20 Å². The molecule has 0 radical (unpaired) electrons. The first-order valence-corrected chi connectivity index (χ1v) is 2.81.